The molecule has 0 amide bonds. The molecule has 20 heavy (non-hydrogen) atoms. The summed E-state index contributed by atoms with van der Waals surface area (Å²) in [5.74, 6) is 0. The van der Waals surface area contributed by atoms with Crippen LogP contribution in [0.3, 0.4) is 0 Å². The first-order chi connectivity index (χ1) is 9.52. The van der Waals surface area contributed by atoms with E-state index in [1.165, 1.54) is 12.8 Å². The normalized spacial score (nSPS) is 16.9. The van der Waals surface area contributed by atoms with Crippen molar-refractivity contribution >= 4 is 17.1 Å². The molecule has 0 aromatic heterocycles. The second kappa shape index (κ2) is 6.11. The van der Waals surface area contributed by atoms with Gasteiger partial charge in [0.2, 0.25) is 0 Å². The molecule has 0 aliphatic heterocycles. The number of nitro benzene ring substituents is 1. The van der Waals surface area contributed by atoms with E-state index < -0.39 is 0 Å². The fourth-order valence-electron chi connectivity index (χ4n) is 2.79. The molecule has 0 saturated heterocycles. The Morgan fingerprint density at radius 1 is 1.25 bits per heavy atom. The van der Waals surface area contributed by atoms with Crippen LogP contribution in [0.15, 0.2) is 18.2 Å². The average molecular weight is 277 g/mol. The molecule has 0 heterocycles. The van der Waals surface area contributed by atoms with Gasteiger partial charge in [0, 0.05) is 35.6 Å². The van der Waals surface area contributed by atoms with E-state index in [4.69, 9.17) is 0 Å². The third-order valence-corrected chi connectivity index (χ3v) is 3.86. The Morgan fingerprint density at radius 2 is 1.90 bits per heavy atom. The summed E-state index contributed by atoms with van der Waals surface area (Å²) >= 11 is 0. The van der Waals surface area contributed by atoms with Crippen molar-refractivity contribution in [2.45, 2.75) is 51.5 Å². The molecule has 5 heteroatoms. The van der Waals surface area contributed by atoms with E-state index in [1.54, 1.807) is 12.1 Å². The van der Waals surface area contributed by atoms with Gasteiger partial charge in [0.15, 0.2) is 0 Å². The molecule has 1 saturated carbocycles. The number of anilines is 2. The van der Waals surface area contributed by atoms with E-state index in [9.17, 15) is 10.1 Å². The van der Waals surface area contributed by atoms with Crippen molar-refractivity contribution in [3.05, 3.63) is 28.3 Å². The van der Waals surface area contributed by atoms with Gasteiger partial charge in [-0.25, -0.2) is 0 Å². The second-order valence-electron chi connectivity index (χ2n) is 5.85. The zero-order valence-electron chi connectivity index (χ0n) is 12.2. The third-order valence-electron chi connectivity index (χ3n) is 3.86. The van der Waals surface area contributed by atoms with Gasteiger partial charge in [0.05, 0.1) is 4.92 Å². The average Bonchev–Trinajstić information content (AvgIpc) is 2.82. The summed E-state index contributed by atoms with van der Waals surface area (Å²) in [4.78, 5) is 10.7. The van der Waals surface area contributed by atoms with Gasteiger partial charge in [-0.05, 0) is 32.3 Å². The second-order valence-corrected chi connectivity index (χ2v) is 5.85. The van der Waals surface area contributed by atoms with Gasteiger partial charge in [0.25, 0.3) is 5.69 Å². The zero-order chi connectivity index (χ0) is 14.6. The monoisotopic (exact) mass is 277 g/mol. The van der Waals surface area contributed by atoms with Crippen LogP contribution in [0.25, 0.3) is 0 Å². The summed E-state index contributed by atoms with van der Waals surface area (Å²) in [6, 6.07) is 5.19. The molecule has 0 unspecified atom stereocenters. The lowest BCUT2D eigenvalue weighted by molar-refractivity contribution is -0.384. The fraction of sp³-hybridized carbons (Fsp3) is 0.600. The number of nitrogens with one attached hydrogen (secondary N) is 2. The number of non-ortho nitro benzene ring substituents is 1. The number of rotatable bonds is 6. The lowest BCUT2D eigenvalue weighted by Gasteiger charge is -2.27. The van der Waals surface area contributed by atoms with Gasteiger partial charge < -0.3 is 10.6 Å². The van der Waals surface area contributed by atoms with Crippen molar-refractivity contribution in [1.82, 2.24) is 0 Å². The molecule has 0 atom stereocenters. The minimum absolute atomic E-state index is 0.0667. The summed E-state index contributed by atoms with van der Waals surface area (Å²) in [5, 5.41) is 17.8. The van der Waals surface area contributed by atoms with Crippen molar-refractivity contribution in [1.29, 1.82) is 0 Å². The Labute approximate surface area is 119 Å². The van der Waals surface area contributed by atoms with Gasteiger partial charge in [-0.2, -0.15) is 0 Å². The van der Waals surface area contributed by atoms with Crippen LogP contribution in [-0.4, -0.2) is 17.0 Å². The van der Waals surface area contributed by atoms with E-state index in [-0.39, 0.29) is 16.1 Å². The molecule has 0 spiro atoms. The first-order valence-corrected chi connectivity index (χ1v) is 7.34. The van der Waals surface area contributed by atoms with Crippen LogP contribution in [0, 0.1) is 10.1 Å². The predicted molar refractivity (Wildman–Crippen MR) is 82.4 cm³/mol. The first kappa shape index (κ1) is 14.6. The highest BCUT2D eigenvalue weighted by atomic mass is 16.6. The third kappa shape index (κ3) is 3.62. The Balaban J connectivity index is 2.21. The van der Waals surface area contributed by atoms with Crippen molar-refractivity contribution in [3.63, 3.8) is 0 Å². The first-order valence-electron chi connectivity index (χ1n) is 7.34. The Bertz CT molecular complexity index is 482. The molecule has 0 radical (unpaired) electrons. The molecule has 1 aromatic rings. The number of benzene rings is 1. The van der Waals surface area contributed by atoms with Crippen molar-refractivity contribution in [2.75, 3.05) is 17.2 Å². The topological polar surface area (TPSA) is 67.2 Å². The molecule has 1 aliphatic rings. The van der Waals surface area contributed by atoms with E-state index in [2.05, 4.69) is 24.5 Å². The maximum atomic E-state index is 11.0. The van der Waals surface area contributed by atoms with Crippen LogP contribution < -0.4 is 10.6 Å². The van der Waals surface area contributed by atoms with Crippen molar-refractivity contribution in [3.8, 4) is 0 Å². The van der Waals surface area contributed by atoms with E-state index in [0.29, 0.717) is 0 Å². The predicted octanol–water partition coefficient (Wildman–Crippen LogP) is 4.16. The Kier molecular flexibility index (Phi) is 4.47. The quantitative estimate of drug-likeness (QED) is 0.605. The summed E-state index contributed by atoms with van der Waals surface area (Å²) in [6.45, 7) is 5.08. The van der Waals surface area contributed by atoms with Crippen LogP contribution in [0.4, 0.5) is 17.1 Å². The molecule has 1 aromatic carbocycles. The fourth-order valence-corrected chi connectivity index (χ4v) is 2.79. The molecular weight excluding hydrogens is 254 g/mol. The maximum absolute atomic E-state index is 11.0. The molecule has 1 fully saturated rings. The van der Waals surface area contributed by atoms with Crippen LogP contribution in [0.2, 0.25) is 0 Å². The summed E-state index contributed by atoms with van der Waals surface area (Å²) < 4.78 is 0. The van der Waals surface area contributed by atoms with E-state index >= 15 is 0 Å². The zero-order valence-corrected chi connectivity index (χ0v) is 12.2. The van der Waals surface area contributed by atoms with E-state index in [1.807, 2.05) is 6.07 Å². The summed E-state index contributed by atoms with van der Waals surface area (Å²) in [6.07, 6.45) is 5.67. The molecule has 2 rings (SSSR count). The Morgan fingerprint density at radius 3 is 2.50 bits per heavy atom. The van der Waals surface area contributed by atoms with E-state index in [0.717, 1.165) is 37.2 Å². The van der Waals surface area contributed by atoms with Gasteiger partial charge in [-0.15, -0.1) is 0 Å². The van der Waals surface area contributed by atoms with Crippen LogP contribution in [-0.2, 0) is 0 Å². The lowest BCUT2D eigenvalue weighted by Crippen LogP contribution is -2.30. The molecule has 0 bridgehead atoms. The summed E-state index contributed by atoms with van der Waals surface area (Å²) in [5.41, 5.74) is 1.85. The largest absolute Gasteiger partial charge is 0.385 e. The highest BCUT2D eigenvalue weighted by molar-refractivity contribution is 5.64. The number of hydrogen-bond donors (Lipinski definition) is 2. The number of nitro groups is 1. The maximum Gasteiger partial charge on any atom is 0.273 e. The highest BCUT2D eigenvalue weighted by Crippen LogP contribution is 2.34. The van der Waals surface area contributed by atoms with Gasteiger partial charge in [-0.3, -0.25) is 10.1 Å². The van der Waals surface area contributed by atoms with Crippen molar-refractivity contribution < 1.29 is 4.92 Å². The summed E-state index contributed by atoms with van der Waals surface area (Å²) in [7, 11) is 0. The lowest BCUT2D eigenvalue weighted by atomic mass is 10.00. The van der Waals surface area contributed by atoms with Gasteiger partial charge in [0.1, 0.15) is 0 Å². The SMILES string of the molecule is CCCNc1cc(NC2(C)CCCC2)cc([N+](=O)[O-])c1. The number of hydrogen-bond acceptors (Lipinski definition) is 4. The smallest absolute Gasteiger partial charge is 0.273 e. The minimum Gasteiger partial charge on any atom is -0.385 e. The standard InChI is InChI=1S/C15H23N3O2/c1-3-8-16-12-9-13(11-14(10-12)18(19)20)17-15(2)6-4-5-7-15/h9-11,16-17H,3-8H2,1-2H3. The van der Waals surface area contributed by atoms with Gasteiger partial charge in [-0.1, -0.05) is 19.8 Å². The van der Waals surface area contributed by atoms with Crippen LogP contribution >= 0.6 is 0 Å². The molecule has 2 N–H and O–H groups in total. The van der Waals surface area contributed by atoms with Crippen LogP contribution in [0.5, 0.6) is 0 Å². The Hall–Kier alpha value is -1.78. The molecule has 5 nitrogen and oxygen atoms in total. The van der Waals surface area contributed by atoms with Crippen LogP contribution in [0.1, 0.15) is 46.0 Å². The molecule has 110 valence electrons. The van der Waals surface area contributed by atoms with Crippen molar-refractivity contribution in [2.24, 2.45) is 0 Å². The van der Waals surface area contributed by atoms with Gasteiger partial charge >= 0.3 is 0 Å². The molecule has 1 aliphatic carbocycles. The minimum atomic E-state index is -0.334. The highest BCUT2D eigenvalue weighted by Gasteiger charge is 2.28. The molecular formula is C15H23N3O2. The number of nitrogens with zero attached hydrogens (tertiary/aromatic N) is 1.